The van der Waals surface area contributed by atoms with Gasteiger partial charge < -0.3 is 19.2 Å². The second-order valence-corrected chi connectivity index (χ2v) is 8.64. The van der Waals surface area contributed by atoms with E-state index >= 15 is 0 Å². The van der Waals surface area contributed by atoms with Crippen LogP contribution in [0.25, 0.3) is 0 Å². The van der Waals surface area contributed by atoms with Gasteiger partial charge in [0.15, 0.2) is 17.3 Å². The zero-order valence-electron chi connectivity index (χ0n) is 18.6. The van der Waals surface area contributed by atoms with Crippen LogP contribution in [-0.4, -0.2) is 37.1 Å². The number of aromatic nitrogens is 1. The number of fused-ring (bicyclic) bond motifs is 1. The van der Waals surface area contributed by atoms with Gasteiger partial charge in [-0.3, -0.25) is 4.79 Å². The number of carbonyl (C=O) groups excluding carboxylic acids is 2. The van der Waals surface area contributed by atoms with Crippen LogP contribution in [0.4, 0.5) is 0 Å². The number of ether oxygens (including phenoxy) is 3. The first kappa shape index (κ1) is 21.5. The predicted octanol–water partition coefficient (Wildman–Crippen LogP) is 5.13. The van der Waals surface area contributed by atoms with Crippen molar-refractivity contribution < 1.29 is 23.8 Å². The first-order chi connectivity index (χ1) is 15.0. The molecule has 1 heterocycles. The lowest BCUT2D eigenvalue weighted by Gasteiger charge is -2.23. The smallest absolute Gasteiger partial charge is 0.355 e. The molecule has 1 atom stereocenters. The molecule has 0 bridgehead atoms. The Bertz CT molecular complexity index is 969. The number of carbonyl (C=O) groups is 2. The molecule has 0 radical (unpaired) electrons. The van der Waals surface area contributed by atoms with Gasteiger partial charge in [0.25, 0.3) is 0 Å². The third-order valence-corrected chi connectivity index (χ3v) is 6.65. The van der Waals surface area contributed by atoms with E-state index in [0.29, 0.717) is 41.2 Å². The quantitative estimate of drug-likeness (QED) is 0.531. The van der Waals surface area contributed by atoms with Crippen LogP contribution >= 0.6 is 0 Å². The Kier molecular flexibility index (Phi) is 6.35. The Labute approximate surface area is 183 Å². The molecule has 166 valence electrons. The number of aromatic amines is 1. The van der Waals surface area contributed by atoms with E-state index in [4.69, 9.17) is 14.2 Å². The van der Waals surface area contributed by atoms with Gasteiger partial charge in [-0.05, 0) is 68.2 Å². The predicted molar refractivity (Wildman–Crippen MR) is 117 cm³/mol. The Morgan fingerprint density at radius 3 is 2.39 bits per heavy atom. The summed E-state index contributed by atoms with van der Waals surface area (Å²) in [5.41, 5.74) is 3.64. The van der Waals surface area contributed by atoms with Crippen LogP contribution in [0.5, 0.6) is 11.5 Å². The molecule has 0 aliphatic heterocycles. The first-order valence-corrected chi connectivity index (χ1v) is 11.2. The molecule has 31 heavy (non-hydrogen) atoms. The molecule has 0 spiro atoms. The third-order valence-electron chi connectivity index (χ3n) is 6.65. The van der Waals surface area contributed by atoms with E-state index in [1.165, 1.54) is 12.8 Å². The Balaban J connectivity index is 1.55. The fourth-order valence-electron chi connectivity index (χ4n) is 4.95. The Morgan fingerprint density at radius 1 is 1.00 bits per heavy atom. The van der Waals surface area contributed by atoms with Crippen LogP contribution in [0.3, 0.4) is 0 Å². The molecule has 2 aromatic rings. The van der Waals surface area contributed by atoms with Gasteiger partial charge in [0.1, 0.15) is 11.8 Å². The SMILES string of the molecule is COc1ccc([C@@H]2CC(=O)c3c([nH]c(C(=O)OC4CCCCCC4)c3C)C2)cc1OC. The molecule has 0 unspecified atom stereocenters. The van der Waals surface area contributed by atoms with E-state index in [0.717, 1.165) is 36.9 Å². The summed E-state index contributed by atoms with van der Waals surface area (Å²) in [6.45, 7) is 1.84. The molecular formula is C25H31NO5. The molecule has 1 N–H and O–H groups in total. The number of hydrogen-bond donors (Lipinski definition) is 1. The van der Waals surface area contributed by atoms with Gasteiger partial charge in [-0.15, -0.1) is 0 Å². The van der Waals surface area contributed by atoms with Gasteiger partial charge in [0.05, 0.1) is 14.2 Å². The number of methoxy groups -OCH3 is 2. The average Bonchev–Trinajstić information content (AvgIpc) is 2.93. The van der Waals surface area contributed by atoms with Crippen molar-refractivity contribution in [3.8, 4) is 11.5 Å². The number of nitrogens with one attached hydrogen (secondary N) is 1. The van der Waals surface area contributed by atoms with Crippen molar-refractivity contribution in [1.82, 2.24) is 4.98 Å². The third kappa shape index (κ3) is 4.34. The fourth-order valence-corrected chi connectivity index (χ4v) is 4.95. The number of Topliss-reactive ketones (excluding diaryl/α,β-unsaturated/α-hetero) is 1. The van der Waals surface area contributed by atoms with Crippen molar-refractivity contribution in [3.05, 3.63) is 46.3 Å². The number of H-pyrrole nitrogens is 1. The number of hydrogen-bond acceptors (Lipinski definition) is 5. The summed E-state index contributed by atoms with van der Waals surface area (Å²) in [6, 6.07) is 5.77. The standard InChI is InChI=1S/C25H31NO5/c1-15-23-19(26-24(15)25(28)31-18-8-6-4-5-7-9-18)12-17(13-20(23)27)16-10-11-21(29-2)22(14-16)30-3/h10-11,14,17-18,26H,4-9,12-13H2,1-3H3/t17-/m0/s1. The minimum atomic E-state index is -0.339. The monoisotopic (exact) mass is 425 g/mol. The van der Waals surface area contributed by atoms with Gasteiger partial charge in [-0.1, -0.05) is 18.9 Å². The van der Waals surface area contributed by atoms with E-state index in [9.17, 15) is 9.59 Å². The first-order valence-electron chi connectivity index (χ1n) is 11.2. The minimum absolute atomic E-state index is 0.0172. The highest BCUT2D eigenvalue weighted by atomic mass is 16.5. The zero-order valence-corrected chi connectivity index (χ0v) is 18.6. The van der Waals surface area contributed by atoms with Gasteiger partial charge >= 0.3 is 5.97 Å². The highest BCUT2D eigenvalue weighted by Gasteiger charge is 2.33. The van der Waals surface area contributed by atoms with Crippen LogP contribution in [0, 0.1) is 6.92 Å². The van der Waals surface area contributed by atoms with E-state index in [1.54, 1.807) is 14.2 Å². The van der Waals surface area contributed by atoms with E-state index in [2.05, 4.69) is 4.98 Å². The Hall–Kier alpha value is -2.76. The van der Waals surface area contributed by atoms with Crippen molar-refractivity contribution in [1.29, 1.82) is 0 Å². The van der Waals surface area contributed by atoms with Gasteiger partial charge in [-0.2, -0.15) is 0 Å². The maximum Gasteiger partial charge on any atom is 0.355 e. The molecule has 1 saturated carbocycles. The van der Waals surface area contributed by atoms with Crippen molar-refractivity contribution in [2.45, 2.75) is 70.3 Å². The van der Waals surface area contributed by atoms with Crippen LogP contribution in [0.15, 0.2) is 18.2 Å². The maximum absolute atomic E-state index is 13.0. The van der Waals surface area contributed by atoms with Gasteiger partial charge in [0.2, 0.25) is 0 Å². The van der Waals surface area contributed by atoms with Crippen LogP contribution in [0.1, 0.15) is 88.5 Å². The lowest BCUT2D eigenvalue weighted by atomic mass is 9.81. The van der Waals surface area contributed by atoms with E-state index in [1.807, 2.05) is 25.1 Å². The summed E-state index contributed by atoms with van der Waals surface area (Å²) < 4.78 is 16.5. The highest BCUT2D eigenvalue weighted by molar-refractivity contribution is 6.03. The van der Waals surface area contributed by atoms with Crippen LogP contribution < -0.4 is 9.47 Å². The van der Waals surface area contributed by atoms with Crippen LogP contribution in [-0.2, 0) is 11.2 Å². The molecule has 2 aliphatic carbocycles. The van der Waals surface area contributed by atoms with Crippen molar-refractivity contribution in [3.63, 3.8) is 0 Å². The topological polar surface area (TPSA) is 77.6 Å². The molecule has 1 aromatic heterocycles. The van der Waals surface area contributed by atoms with Gasteiger partial charge in [-0.25, -0.2) is 4.79 Å². The summed E-state index contributed by atoms with van der Waals surface area (Å²) in [5.74, 6) is 1.04. The van der Waals surface area contributed by atoms with Crippen molar-refractivity contribution in [2.24, 2.45) is 0 Å². The summed E-state index contributed by atoms with van der Waals surface area (Å²) in [4.78, 5) is 29.1. The molecule has 0 saturated heterocycles. The molecule has 2 aliphatic rings. The summed E-state index contributed by atoms with van der Waals surface area (Å²) in [5, 5.41) is 0. The molecule has 1 aromatic carbocycles. The number of ketones is 1. The van der Waals surface area contributed by atoms with Gasteiger partial charge in [0, 0.05) is 17.7 Å². The second-order valence-electron chi connectivity index (χ2n) is 8.64. The van der Waals surface area contributed by atoms with Crippen LogP contribution in [0.2, 0.25) is 0 Å². The molecule has 4 rings (SSSR count). The summed E-state index contributed by atoms with van der Waals surface area (Å²) in [6.07, 6.45) is 7.49. The molecular weight excluding hydrogens is 394 g/mol. The minimum Gasteiger partial charge on any atom is -0.493 e. The molecule has 1 fully saturated rings. The van der Waals surface area contributed by atoms with E-state index in [-0.39, 0.29) is 23.8 Å². The number of esters is 1. The Morgan fingerprint density at radius 2 is 1.71 bits per heavy atom. The van der Waals surface area contributed by atoms with E-state index < -0.39 is 0 Å². The number of rotatable bonds is 5. The van der Waals surface area contributed by atoms with Crippen molar-refractivity contribution in [2.75, 3.05) is 14.2 Å². The highest BCUT2D eigenvalue weighted by Crippen LogP contribution is 2.38. The lowest BCUT2D eigenvalue weighted by molar-refractivity contribution is 0.0260. The molecule has 6 nitrogen and oxygen atoms in total. The van der Waals surface area contributed by atoms with Crippen molar-refractivity contribution >= 4 is 11.8 Å². The zero-order chi connectivity index (χ0) is 22.0. The normalized spacial score (nSPS) is 19.5. The molecule has 6 heteroatoms. The second kappa shape index (κ2) is 9.16. The summed E-state index contributed by atoms with van der Waals surface area (Å²) >= 11 is 0. The fraction of sp³-hybridized carbons (Fsp3) is 0.520. The lowest BCUT2D eigenvalue weighted by Crippen LogP contribution is -2.18. The largest absolute Gasteiger partial charge is 0.493 e. The maximum atomic E-state index is 13.0. The molecule has 0 amide bonds. The summed E-state index contributed by atoms with van der Waals surface area (Å²) in [7, 11) is 3.21. The average molecular weight is 426 g/mol. The number of benzene rings is 1.